The number of nitrogens with two attached hydrogens (primary N) is 1. The van der Waals surface area contributed by atoms with E-state index in [-0.39, 0.29) is 28.6 Å². The molecule has 0 saturated heterocycles. The second-order valence-electron chi connectivity index (χ2n) is 4.45. The second kappa shape index (κ2) is 6.08. The normalized spacial score (nSPS) is 9.79. The van der Waals surface area contributed by atoms with Gasteiger partial charge in [0, 0.05) is 11.3 Å². The van der Waals surface area contributed by atoms with E-state index in [0.717, 1.165) is 16.7 Å². The third kappa shape index (κ3) is 3.27. The van der Waals surface area contributed by atoms with Crippen molar-refractivity contribution >= 4 is 34.7 Å². The van der Waals surface area contributed by atoms with Crippen LogP contribution in [-0.4, -0.2) is 34.1 Å². The van der Waals surface area contributed by atoms with Crippen LogP contribution in [0.25, 0.3) is 11.1 Å². The molecule has 19 heavy (non-hydrogen) atoms. The summed E-state index contributed by atoms with van der Waals surface area (Å²) in [4.78, 5) is 11.3. The Labute approximate surface area is 128 Å². The summed E-state index contributed by atoms with van der Waals surface area (Å²) >= 11 is 0. The Morgan fingerprint density at radius 1 is 1.11 bits per heavy atom. The van der Waals surface area contributed by atoms with Crippen molar-refractivity contribution in [2.24, 2.45) is 0 Å². The Balaban J connectivity index is 0.00000180. The van der Waals surface area contributed by atoms with Gasteiger partial charge >= 0.3 is 29.0 Å². The average Bonchev–Trinajstić information content (AvgIpc) is 2.26. The molecule has 3 N–H and O–H groups in total. The fourth-order valence-corrected chi connectivity index (χ4v) is 2.19. The highest BCUT2D eigenvalue weighted by atomic mass is 24.3. The Morgan fingerprint density at radius 3 is 2.21 bits per heavy atom. The lowest BCUT2D eigenvalue weighted by Gasteiger charge is -2.11. The number of hydrogen-bond donors (Lipinski definition) is 2. The molecule has 0 fully saturated rings. The molecule has 3 nitrogen and oxygen atoms in total. The van der Waals surface area contributed by atoms with Gasteiger partial charge in [-0.1, -0.05) is 35.4 Å². The summed E-state index contributed by atoms with van der Waals surface area (Å²) in [5.74, 6) is -0.962. The van der Waals surface area contributed by atoms with Gasteiger partial charge in [-0.05, 0) is 31.5 Å². The maximum absolute atomic E-state index is 11.3. The third-order valence-corrected chi connectivity index (χ3v) is 2.84. The van der Waals surface area contributed by atoms with Gasteiger partial charge in [0.05, 0.1) is 5.56 Å². The van der Waals surface area contributed by atoms with Crippen molar-refractivity contribution in [2.75, 3.05) is 5.73 Å². The number of aromatic carboxylic acids is 1. The fourth-order valence-electron chi connectivity index (χ4n) is 2.19. The van der Waals surface area contributed by atoms with E-state index in [1.54, 1.807) is 18.2 Å². The third-order valence-electron chi connectivity index (χ3n) is 2.84. The van der Waals surface area contributed by atoms with Crippen molar-refractivity contribution in [2.45, 2.75) is 13.8 Å². The molecule has 2 aromatic carbocycles. The van der Waals surface area contributed by atoms with Crippen LogP contribution in [0.4, 0.5) is 5.69 Å². The monoisotopic (exact) mass is 267 g/mol. The van der Waals surface area contributed by atoms with Gasteiger partial charge in [-0.25, -0.2) is 4.79 Å². The minimum atomic E-state index is -0.962. The molecule has 96 valence electrons. The second-order valence-corrected chi connectivity index (χ2v) is 4.45. The summed E-state index contributed by atoms with van der Waals surface area (Å²) in [6, 6.07) is 10.9. The molecule has 2 rings (SSSR count). The Hall–Kier alpha value is -1.52. The van der Waals surface area contributed by atoms with E-state index in [9.17, 15) is 9.90 Å². The summed E-state index contributed by atoms with van der Waals surface area (Å²) in [7, 11) is 0. The summed E-state index contributed by atoms with van der Waals surface area (Å²) in [6.07, 6.45) is 0. The number of aryl methyl sites for hydroxylation is 2. The molecule has 0 spiro atoms. The lowest BCUT2D eigenvalue weighted by molar-refractivity contribution is 0.0698. The van der Waals surface area contributed by atoms with Gasteiger partial charge in [0.1, 0.15) is 0 Å². The molecule has 4 heteroatoms. The first kappa shape index (κ1) is 15.5. The van der Waals surface area contributed by atoms with Crippen molar-refractivity contribution in [3.05, 3.63) is 53.1 Å². The molecular weight excluding hydrogens is 250 g/mol. The van der Waals surface area contributed by atoms with Crippen LogP contribution >= 0.6 is 0 Å². The highest BCUT2D eigenvalue weighted by Gasteiger charge is 2.14. The van der Waals surface area contributed by atoms with Crippen LogP contribution in [0, 0.1) is 13.8 Å². The molecule has 0 atom stereocenters. The van der Waals surface area contributed by atoms with Crippen LogP contribution in [0.2, 0.25) is 0 Å². The first-order valence-electron chi connectivity index (χ1n) is 5.69. The van der Waals surface area contributed by atoms with E-state index < -0.39 is 5.97 Å². The van der Waals surface area contributed by atoms with Crippen molar-refractivity contribution in [3.63, 3.8) is 0 Å². The van der Waals surface area contributed by atoms with Gasteiger partial charge in [0.2, 0.25) is 0 Å². The van der Waals surface area contributed by atoms with Crippen molar-refractivity contribution in [3.8, 4) is 11.1 Å². The average molecular weight is 268 g/mol. The lowest BCUT2D eigenvalue weighted by atomic mass is 9.95. The molecule has 0 aliphatic carbocycles. The maximum atomic E-state index is 11.3. The zero-order valence-corrected chi connectivity index (χ0v) is 10.4. The molecule has 0 aromatic heterocycles. The van der Waals surface area contributed by atoms with Crippen LogP contribution in [0.3, 0.4) is 0 Å². The van der Waals surface area contributed by atoms with E-state index in [1.807, 2.05) is 32.0 Å². The number of anilines is 1. The maximum Gasteiger partial charge on any atom is 0.336 e. The van der Waals surface area contributed by atoms with Gasteiger partial charge in [0.25, 0.3) is 0 Å². The molecule has 0 heterocycles. The predicted octanol–water partition coefficient (Wildman–Crippen LogP) is 2.33. The highest BCUT2D eigenvalue weighted by molar-refractivity contribution is 5.99. The van der Waals surface area contributed by atoms with Gasteiger partial charge in [0.15, 0.2) is 0 Å². The smallest absolute Gasteiger partial charge is 0.336 e. The van der Waals surface area contributed by atoms with Crippen LogP contribution in [0.15, 0.2) is 36.4 Å². The molecule has 0 unspecified atom stereocenters. The molecule has 0 radical (unpaired) electrons. The molecule has 0 saturated carbocycles. The number of benzene rings is 2. The van der Waals surface area contributed by atoms with Crippen LogP contribution in [0.1, 0.15) is 21.5 Å². The van der Waals surface area contributed by atoms with E-state index in [2.05, 4.69) is 0 Å². The number of carboxylic acid groups (broad SMARTS) is 1. The Bertz CT molecular complexity index is 603. The molecule has 0 aliphatic rings. The van der Waals surface area contributed by atoms with Gasteiger partial charge in [-0.3, -0.25) is 0 Å². The van der Waals surface area contributed by atoms with E-state index in [4.69, 9.17) is 5.73 Å². The van der Waals surface area contributed by atoms with E-state index in [1.165, 1.54) is 0 Å². The van der Waals surface area contributed by atoms with Gasteiger partial charge in [-0.2, -0.15) is 0 Å². The highest BCUT2D eigenvalue weighted by Crippen LogP contribution is 2.31. The predicted molar refractivity (Wildman–Crippen MR) is 81.3 cm³/mol. The quantitative estimate of drug-likeness (QED) is 0.648. The van der Waals surface area contributed by atoms with Gasteiger partial charge < -0.3 is 10.8 Å². The van der Waals surface area contributed by atoms with Crippen LogP contribution in [0.5, 0.6) is 0 Å². The fraction of sp³-hybridized carbons (Fsp3) is 0.133. The summed E-state index contributed by atoms with van der Waals surface area (Å²) in [5, 5.41) is 9.23. The topological polar surface area (TPSA) is 63.3 Å². The van der Waals surface area contributed by atoms with E-state index in [0.29, 0.717) is 11.3 Å². The molecular formula is C15H17MgNO2. The number of hydrogen-bond acceptors (Lipinski definition) is 2. The van der Waals surface area contributed by atoms with Crippen LogP contribution in [-0.2, 0) is 0 Å². The number of nitrogen functional groups attached to an aromatic ring is 1. The summed E-state index contributed by atoms with van der Waals surface area (Å²) < 4.78 is 0. The summed E-state index contributed by atoms with van der Waals surface area (Å²) in [5.41, 5.74) is 10.3. The molecule has 0 amide bonds. The first-order chi connectivity index (χ1) is 8.49. The number of rotatable bonds is 2. The van der Waals surface area contributed by atoms with Crippen molar-refractivity contribution in [1.29, 1.82) is 0 Å². The van der Waals surface area contributed by atoms with Crippen LogP contribution < -0.4 is 5.73 Å². The largest absolute Gasteiger partial charge is 0.478 e. The number of carbonyl (C=O) groups is 1. The minimum absolute atomic E-state index is 0. The minimum Gasteiger partial charge on any atom is -0.478 e. The summed E-state index contributed by atoms with van der Waals surface area (Å²) in [6.45, 7) is 3.96. The molecule has 0 aliphatic heterocycles. The lowest BCUT2D eigenvalue weighted by Crippen LogP contribution is -2.03. The number of carboxylic acids is 1. The molecule has 0 bridgehead atoms. The van der Waals surface area contributed by atoms with Crippen molar-refractivity contribution in [1.82, 2.24) is 0 Å². The zero-order valence-electron chi connectivity index (χ0n) is 10.4. The zero-order chi connectivity index (χ0) is 13.3. The molecule has 2 aromatic rings. The van der Waals surface area contributed by atoms with Gasteiger partial charge in [-0.15, -0.1) is 0 Å². The first-order valence-corrected chi connectivity index (χ1v) is 5.69. The SMILES string of the molecule is Cc1cc(C)cc(-c2c(N)cccc2C(=O)O)c1.[MgH2]. The standard InChI is InChI=1S/C15H15NO2.Mg.2H/c1-9-6-10(2)8-11(7-9)14-12(15(17)18)4-3-5-13(14)16;;;/h3-8H,16H2,1-2H3,(H,17,18);;;. The van der Waals surface area contributed by atoms with E-state index >= 15 is 0 Å². The van der Waals surface area contributed by atoms with Crippen molar-refractivity contribution < 1.29 is 9.90 Å². The Kier molecular flexibility index (Phi) is 4.97. The Morgan fingerprint density at radius 2 is 1.68 bits per heavy atom.